The molecule has 0 aliphatic carbocycles. The molecule has 2 nitrogen and oxygen atoms in total. The smallest absolute Gasteiger partial charge is 0.161 e. The van der Waals surface area contributed by atoms with E-state index >= 15 is 0 Å². The summed E-state index contributed by atoms with van der Waals surface area (Å²) < 4.78 is 0. The van der Waals surface area contributed by atoms with Gasteiger partial charge in [-0.2, -0.15) is 0 Å². The second kappa shape index (κ2) is 5.38. The van der Waals surface area contributed by atoms with Crippen LogP contribution < -0.4 is 0 Å². The molecule has 0 amide bonds. The van der Waals surface area contributed by atoms with Crippen LogP contribution in [0.1, 0.15) is 0 Å². The molecule has 6 heteroatoms. The third kappa shape index (κ3) is 2.45. The SMILES string of the molecule is Clc1cccc(-c2nc(Cl)c3c(Cl)ccc(Cl)c3n2)c1. The van der Waals surface area contributed by atoms with Crippen LogP contribution in [0, 0.1) is 0 Å². The molecule has 1 aromatic heterocycles. The quantitative estimate of drug-likeness (QED) is 0.513. The van der Waals surface area contributed by atoms with Gasteiger partial charge in [-0.25, -0.2) is 9.97 Å². The zero-order chi connectivity index (χ0) is 14.3. The minimum atomic E-state index is 0.262. The van der Waals surface area contributed by atoms with Gasteiger partial charge in [-0.3, -0.25) is 0 Å². The number of aromatic nitrogens is 2. The number of fused-ring (bicyclic) bond motifs is 1. The number of hydrogen-bond acceptors (Lipinski definition) is 2. The minimum absolute atomic E-state index is 0.262. The van der Waals surface area contributed by atoms with Crippen LogP contribution in [0.5, 0.6) is 0 Å². The predicted molar refractivity (Wildman–Crippen MR) is 85.0 cm³/mol. The van der Waals surface area contributed by atoms with Crippen LogP contribution in [-0.4, -0.2) is 9.97 Å². The Hall–Kier alpha value is -1.06. The predicted octanol–water partition coefficient (Wildman–Crippen LogP) is 5.91. The van der Waals surface area contributed by atoms with Gasteiger partial charge < -0.3 is 0 Å². The average molecular weight is 344 g/mol. The average Bonchev–Trinajstić information content (AvgIpc) is 2.42. The Bertz CT molecular complexity index is 818. The van der Waals surface area contributed by atoms with Crippen molar-refractivity contribution in [2.75, 3.05) is 0 Å². The van der Waals surface area contributed by atoms with E-state index in [0.717, 1.165) is 5.56 Å². The van der Waals surface area contributed by atoms with E-state index in [1.165, 1.54) is 0 Å². The second-order valence-electron chi connectivity index (χ2n) is 4.10. The van der Waals surface area contributed by atoms with Gasteiger partial charge in [-0.1, -0.05) is 58.5 Å². The molecule has 0 bridgehead atoms. The number of benzene rings is 2. The summed E-state index contributed by atoms with van der Waals surface area (Å²) in [6.07, 6.45) is 0. The molecule has 0 unspecified atom stereocenters. The Morgan fingerprint density at radius 1 is 0.800 bits per heavy atom. The van der Waals surface area contributed by atoms with Crippen molar-refractivity contribution < 1.29 is 0 Å². The zero-order valence-electron chi connectivity index (χ0n) is 9.87. The van der Waals surface area contributed by atoms with Crippen LogP contribution in [0.15, 0.2) is 36.4 Å². The maximum Gasteiger partial charge on any atom is 0.161 e. The van der Waals surface area contributed by atoms with Gasteiger partial charge >= 0.3 is 0 Å². The summed E-state index contributed by atoms with van der Waals surface area (Å²) in [5.41, 5.74) is 1.28. The molecule has 0 aliphatic rings. The molecule has 0 N–H and O–H groups in total. The highest BCUT2D eigenvalue weighted by Crippen LogP contribution is 2.34. The summed E-state index contributed by atoms with van der Waals surface area (Å²) in [7, 11) is 0. The highest BCUT2D eigenvalue weighted by Gasteiger charge is 2.13. The molecule has 3 aromatic rings. The molecule has 0 spiro atoms. The van der Waals surface area contributed by atoms with E-state index < -0.39 is 0 Å². The Labute approximate surface area is 135 Å². The first-order chi connectivity index (χ1) is 9.56. The van der Waals surface area contributed by atoms with Gasteiger partial charge in [-0.05, 0) is 24.3 Å². The first kappa shape index (κ1) is 13.9. The topological polar surface area (TPSA) is 25.8 Å². The van der Waals surface area contributed by atoms with E-state index in [1.807, 2.05) is 12.1 Å². The van der Waals surface area contributed by atoms with Crippen molar-refractivity contribution in [3.63, 3.8) is 0 Å². The van der Waals surface area contributed by atoms with Gasteiger partial charge in [0.2, 0.25) is 0 Å². The molecule has 100 valence electrons. The van der Waals surface area contributed by atoms with E-state index in [4.69, 9.17) is 46.4 Å². The number of hydrogen-bond donors (Lipinski definition) is 0. The lowest BCUT2D eigenvalue weighted by Gasteiger charge is -2.07. The molecular weight excluding hydrogens is 338 g/mol. The normalized spacial score (nSPS) is 11.0. The first-order valence-electron chi connectivity index (χ1n) is 5.63. The molecule has 0 aliphatic heterocycles. The number of halogens is 4. The van der Waals surface area contributed by atoms with E-state index in [0.29, 0.717) is 31.8 Å². The van der Waals surface area contributed by atoms with Gasteiger partial charge in [0, 0.05) is 10.6 Å². The van der Waals surface area contributed by atoms with Crippen molar-refractivity contribution in [1.82, 2.24) is 9.97 Å². The third-order valence-corrected chi connectivity index (χ3v) is 3.92. The van der Waals surface area contributed by atoms with Crippen LogP contribution in [0.3, 0.4) is 0 Å². The largest absolute Gasteiger partial charge is 0.226 e. The van der Waals surface area contributed by atoms with Crippen molar-refractivity contribution in [1.29, 1.82) is 0 Å². The summed E-state index contributed by atoms with van der Waals surface area (Å²) >= 11 is 24.4. The lowest BCUT2D eigenvalue weighted by molar-refractivity contribution is 1.23. The highest BCUT2D eigenvalue weighted by atomic mass is 35.5. The van der Waals surface area contributed by atoms with Crippen molar-refractivity contribution in [3.05, 3.63) is 56.6 Å². The van der Waals surface area contributed by atoms with Crippen molar-refractivity contribution in [2.24, 2.45) is 0 Å². The van der Waals surface area contributed by atoms with E-state index in [2.05, 4.69) is 9.97 Å². The Balaban J connectivity index is 2.32. The maximum absolute atomic E-state index is 6.20. The lowest BCUT2D eigenvalue weighted by Crippen LogP contribution is -1.93. The van der Waals surface area contributed by atoms with Gasteiger partial charge in [0.1, 0.15) is 5.15 Å². The van der Waals surface area contributed by atoms with Crippen molar-refractivity contribution in [3.8, 4) is 11.4 Å². The van der Waals surface area contributed by atoms with Gasteiger partial charge in [0.05, 0.1) is 20.9 Å². The first-order valence-corrected chi connectivity index (χ1v) is 7.14. The van der Waals surface area contributed by atoms with Crippen molar-refractivity contribution in [2.45, 2.75) is 0 Å². The summed E-state index contributed by atoms with van der Waals surface area (Å²) in [5.74, 6) is 0.453. The molecule has 3 rings (SSSR count). The molecular formula is C14H6Cl4N2. The summed E-state index contributed by atoms with van der Waals surface area (Å²) in [4.78, 5) is 8.70. The summed E-state index contributed by atoms with van der Waals surface area (Å²) in [6.45, 7) is 0. The highest BCUT2D eigenvalue weighted by molar-refractivity contribution is 6.44. The molecule has 0 saturated carbocycles. The standard InChI is InChI=1S/C14H6Cl4N2/c15-8-3-1-2-7(6-8)14-19-12-10(17)5-4-9(16)11(12)13(18)20-14/h1-6H. The van der Waals surface area contributed by atoms with Gasteiger partial charge in [0.15, 0.2) is 5.82 Å². The van der Waals surface area contributed by atoms with Crippen LogP contribution in [0.4, 0.5) is 0 Å². The zero-order valence-corrected chi connectivity index (χ0v) is 12.9. The van der Waals surface area contributed by atoms with Crippen LogP contribution in [0.25, 0.3) is 22.3 Å². The molecule has 20 heavy (non-hydrogen) atoms. The van der Waals surface area contributed by atoms with Crippen LogP contribution in [0.2, 0.25) is 20.2 Å². The molecule has 0 saturated heterocycles. The molecule has 0 fully saturated rings. The van der Waals surface area contributed by atoms with Gasteiger partial charge in [-0.15, -0.1) is 0 Å². The van der Waals surface area contributed by atoms with Crippen LogP contribution >= 0.6 is 46.4 Å². The minimum Gasteiger partial charge on any atom is -0.226 e. The second-order valence-corrected chi connectivity index (χ2v) is 5.71. The fourth-order valence-corrected chi connectivity index (χ4v) is 2.83. The molecule has 0 radical (unpaired) electrons. The molecule has 1 heterocycles. The van der Waals surface area contributed by atoms with Gasteiger partial charge in [0.25, 0.3) is 0 Å². The Kier molecular flexibility index (Phi) is 3.74. The Morgan fingerprint density at radius 2 is 1.55 bits per heavy atom. The van der Waals surface area contributed by atoms with E-state index in [1.54, 1.807) is 24.3 Å². The Morgan fingerprint density at radius 3 is 2.30 bits per heavy atom. The van der Waals surface area contributed by atoms with E-state index in [-0.39, 0.29) is 5.15 Å². The van der Waals surface area contributed by atoms with Crippen molar-refractivity contribution >= 4 is 57.3 Å². The summed E-state index contributed by atoms with van der Waals surface area (Å²) in [5, 5.41) is 2.34. The van der Waals surface area contributed by atoms with E-state index in [9.17, 15) is 0 Å². The maximum atomic E-state index is 6.20. The summed E-state index contributed by atoms with van der Waals surface area (Å²) in [6, 6.07) is 10.5. The molecule has 2 aromatic carbocycles. The molecule has 0 atom stereocenters. The monoisotopic (exact) mass is 342 g/mol. The number of rotatable bonds is 1. The van der Waals surface area contributed by atoms with Crippen LogP contribution in [-0.2, 0) is 0 Å². The fraction of sp³-hybridized carbons (Fsp3) is 0. The number of nitrogens with zero attached hydrogens (tertiary/aromatic N) is 2. The third-order valence-electron chi connectivity index (χ3n) is 2.79. The fourth-order valence-electron chi connectivity index (χ4n) is 1.88. The lowest BCUT2D eigenvalue weighted by atomic mass is 10.2.